The average molecular weight is 619 g/mol. The molecule has 0 aromatic heterocycles. The quantitative estimate of drug-likeness (QED) is 0.132. The number of hydrogen-bond donors (Lipinski definition) is 3. The number of β-lactam (4-membered cyclic amide) rings is 1. The van der Waals surface area contributed by atoms with Gasteiger partial charge in [0.15, 0.2) is 5.70 Å². The zero-order valence-electron chi connectivity index (χ0n) is 23.0. The number of benzene rings is 3. The van der Waals surface area contributed by atoms with Gasteiger partial charge in [0.1, 0.15) is 36.4 Å². The van der Waals surface area contributed by atoms with Crippen molar-refractivity contribution in [2.24, 2.45) is 0 Å². The molecule has 3 aromatic carbocycles. The van der Waals surface area contributed by atoms with Gasteiger partial charge in [0.25, 0.3) is 11.6 Å². The third-order valence-electron chi connectivity index (χ3n) is 6.83. The lowest BCUT2D eigenvalue weighted by Gasteiger charge is -2.49. The maximum atomic E-state index is 13.4. The third kappa shape index (κ3) is 6.65. The lowest BCUT2D eigenvalue weighted by Crippen LogP contribution is -2.71. The Hall–Kier alpha value is -5.37. The molecule has 0 aliphatic carbocycles. The Balaban J connectivity index is 1.23. The first-order valence-corrected chi connectivity index (χ1v) is 14.4. The summed E-state index contributed by atoms with van der Waals surface area (Å²) in [6.07, 6.45) is -0.836. The number of thioether (sulfide) groups is 1. The van der Waals surface area contributed by atoms with Crippen molar-refractivity contribution >= 4 is 41.3 Å². The maximum absolute atomic E-state index is 13.4. The second-order valence-corrected chi connectivity index (χ2v) is 10.8. The van der Waals surface area contributed by atoms with E-state index in [-0.39, 0.29) is 36.1 Å². The Morgan fingerprint density at radius 2 is 1.57 bits per heavy atom. The van der Waals surface area contributed by atoms with Crippen LogP contribution in [0, 0.1) is 10.1 Å². The molecular weight excluding hydrogens is 592 g/mol. The van der Waals surface area contributed by atoms with Crippen LogP contribution in [0.25, 0.3) is 0 Å². The Morgan fingerprint density at radius 1 is 0.955 bits per heavy atom. The molecule has 2 heterocycles. The number of nitro benzene ring substituents is 1. The van der Waals surface area contributed by atoms with Gasteiger partial charge in [0, 0.05) is 12.1 Å². The molecule has 2 aliphatic rings. The fourth-order valence-electron chi connectivity index (χ4n) is 4.59. The maximum Gasteiger partial charge on any atom is 0.408 e. The SMILES string of the molecule is O=C(NC(C(=O)NC1C(=O)N2C(C(=O)OCc3ccc([N+](=O)[O-])cc3)=C(O)CS[C@H]12)c1ccccc1)OCc1ccccc1. The summed E-state index contributed by atoms with van der Waals surface area (Å²) in [6, 6.07) is 20.6. The van der Waals surface area contributed by atoms with Gasteiger partial charge >= 0.3 is 12.1 Å². The molecule has 13 nitrogen and oxygen atoms in total. The van der Waals surface area contributed by atoms with Gasteiger partial charge in [-0.1, -0.05) is 60.7 Å². The topological polar surface area (TPSA) is 177 Å². The predicted molar refractivity (Wildman–Crippen MR) is 157 cm³/mol. The standard InChI is InChI=1S/C30H26N4O9S/c35-22-17-44-28-24(27(37)33(28)25(22)29(38)42-15-19-11-13-21(14-12-19)34(40)41)31-26(36)23(20-9-5-2-6-10-20)32-30(39)43-16-18-7-3-1-4-8-18/h1-14,23-24,28,35H,15-17H2,(H,31,36)(H,32,39)/t23?,24?,28-/m1/s1. The summed E-state index contributed by atoms with van der Waals surface area (Å²) in [6.45, 7) is -0.262. The van der Waals surface area contributed by atoms with E-state index >= 15 is 0 Å². The fraction of sp³-hybridized carbons (Fsp3) is 0.200. The van der Waals surface area contributed by atoms with Gasteiger partial charge in [-0.2, -0.15) is 0 Å². The molecule has 1 fully saturated rings. The molecule has 0 bridgehead atoms. The lowest BCUT2D eigenvalue weighted by molar-refractivity contribution is -0.384. The van der Waals surface area contributed by atoms with E-state index in [1.165, 1.54) is 24.3 Å². The summed E-state index contributed by atoms with van der Waals surface area (Å²) < 4.78 is 10.6. The Labute approximate surface area is 255 Å². The number of aliphatic hydroxyl groups excluding tert-OH is 1. The molecule has 5 rings (SSSR count). The third-order valence-corrected chi connectivity index (χ3v) is 8.09. The molecule has 44 heavy (non-hydrogen) atoms. The molecule has 0 radical (unpaired) electrons. The molecule has 2 unspecified atom stereocenters. The minimum absolute atomic E-state index is 0.0104. The second kappa shape index (κ2) is 13.3. The molecule has 0 spiro atoms. The molecule has 1 saturated heterocycles. The second-order valence-electron chi connectivity index (χ2n) is 9.74. The van der Waals surface area contributed by atoms with Crippen molar-refractivity contribution < 1.29 is 38.7 Å². The summed E-state index contributed by atoms with van der Waals surface area (Å²) in [5, 5.41) is 25.8. The van der Waals surface area contributed by atoms with Crippen molar-refractivity contribution in [1.29, 1.82) is 0 Å². The molecule has 3 N–H and O–H groups in total. The number of non-ortho nitro benzene ring substituents is 1. The molecule has 226 valence electrons. The molecular formula is C30H26N4O9S. The number of carbonyl (C=O) groups is 4. The van der Waals surface area contributed by atoms with Crippen LogP contribution in [0.4, 0.5) is 10.5 Å². The minimum Gasteiger partial charge on any atom is -0.509 e. The summed E-state index contributed by atoms with van der Waals surface area (Å²) >= 11 is 1.14. The van der Waals surface area contributed by atoms with E-state index < -0.39 is 46.3 Å². The number of hydrogen-bond acceptors (Lipinski definition) is 10. The van der Waals surface area contributed by atoms with Crippen molar-refractivity contribution in [3.05, 3.63) is 123 Å². The molecule has 3 atom stereocenters. The average Bonchev–Trinajstić information content (AvgIpc) is 3.04. The van der Waals surface area contributed by atoms with Crippen LogP contribution in [0.2, 0.25) is 0 Å². The van der Waals surface area contributed by atoms with E-state index in [9.17, 15) is 34.4 Å². The van der Waals surface area contributed by atoms with Crippen LogP contribution in [0.5, 0.6) is 0 Å². The van der Waals surface area contributed by atoms with Crippen molar-refractivity contribution in [3.8, 4) is 0 Å². The van der Waals surface area contributed by atoms with Crippen molar-refractivity contribution in [3.63, 3.8) is 0 Å². The number of nitrogens with one attached hydrogen (secondary N) is 2. The summed E-state index contributed by atoms with van der Waals surface area (Å²) in [7, 11) is 0. The molecule has 2 aliphatic heterocycles. The number of nitro groups is 1. The number of fused-ring (bicyclic) bond motifs is 1. The van der Waals surface area contributed by atoms with E-state index in [0.29, 0.717) is 11.1 Å². The highest BCUT2D eigenvalue weighted by Gasteiger charge is 2.55. The highest BCUT2D eigenvalue weighted by Crippen LogP contribution is 2.40. The first-order chi connectivity index (χ1) is 21.2. The smallest absolute Gasteiger partial charge is 0.408 e. The van der Waals surface area contributed by atoms with Crippen molar-refractivity contribution in [2.75, 3.05) is 5.75 Å². The zero-order chi connectivity index (χ0) is 31.2. The first-order valence-electron chi connectivity index (χ1n) is 13.3. The number of nitrogens with zero attached hydrogens (tertiary/aromatic N) is 2. The van der Waals surface area contributed by atoms with E-state index in [2.05, 4.69) is 10.6 Å². The normalized spacial score (nSPS) is 17.9. The molecule has 14 heteroatoms. The van der Waals surface area contributed by atoms with E-state index in [1.54, 1.807) is 54.6 Å². The summed E-state index contributed by atoms with van der Waals surface area (Å²) in [5.41, 5.74) is 1.22. The largest absolute Gasteiger partial charge is 0.509 e. The van der Waals surface area contributed by atoms with Gasteiger partial charge in [-0.3, -0.25) is 24.6 Å². The van der Waals surface area contributed by atoms with Gasteiger partial charge in [0.2, 0.25) is 5.91 Å². The van der Waals surface area contributed by atoms with Crippen LogP contribution in [-0.4, -0.2) is 56.0 Å². The molecule has 3 amide bonds. The van der Waals surface area contributed by atoms with Gasteiger partial charge in [0.05, 0.1) is 10.7 Å². The first kappa shape index (κ1) is 30.1. The molecule has 3 aromatic rings. The van der Waals surface area contributed by atoms with Crippen molar-refractivity contribution in [2.45, 2.75) is 30.7 Å². The Bertz CT molecular complexity index is 1600. The highest BCUT2D eigenvalue weighted by atomic mass is 32.2. The number of esters is 1. The van der Waals surface area contributed by atoms with Gasteiger partial charge in [-0.25, -0.2) is 9.59 Å². The van der Waals surface area contributed by atoms with Gasteiger partial charge < -0.3 is 25.2 Å². The number of alkyl carbamates (subject to hydrolysis) is 1. The number of amides is 3. The van der Waals surface area contributed by atoms with Gasteiger partial charge in [-0.05, 0) is 28.8 Å². The van der Waals surface area contributed by atoms with Crippen LogP contribution in [0.3, 0.4) is 0 Å². The lowest BCUT2D eigenvalue weighted by atomic mass is 10.0. The van der Waals surface area contributed by atoms with Crippen LogP contribution in [0.15, 0.2) is 96.4 Å². The van der Waals surface area contributed by atoms with E-state index in [0.717, 1.165) is 22.2 Å². The van der Waals surface area contributed by atoms with Crippen LogP contribution >= 0.6 is 11.8 Å². The van der Waals surface area contributed by atoms with Crippen molar-refractivity contribution in [1.82, 2.24) is 15.5 Å². The van der Waals surface area contributed by atoms with E-state index in [1.807, 2.05) is 6.07 Å². The molecule has 0 saturated carbocycles. The highest BCUT2D eigenvalue weighted by molar-refractivity contribution is 8.00. The monoisotopic (exact) mass is 618 g/mol. The fourth-order valence-corrected chi connectivity index (χ4v) is 5.79. The predicted octanol–water partition coefficient (Wildman–Crippen LogP) is 3.48. The van der Waals surface area contributed by atoms with Gasteiger partial charge in [-0.15, -0.1) is 11.8 Å². The van der Waals surface area contributed by atoms with Crippen LogP contribution < -0.4 is 10.6 Å². The summed E-state index contributed by atoms with van der Waals surface area (Å²) in [5.74, 6) is -2.66. The van der Waals surface area contributed by atoms with E-state index in [4.69, 9.17) is 9.47 Å². The van der Waals surface area contributed by atoms with Crippen LogP contribution in [-0.2, 0) is 37.1 Å². The number of ether oxygens (including phenoxy) is 2. The number of carbonyl (C=O) groups excluding carboxylic acids is 4. The number of aliphatic hydroxyl groups is 1. The minimum atomic E-state index is -1.19. The number of rotatable bonds is 10. The Morgan fingerprint density at radius 3 is 2.23 bits per heavy atom. The Kier molecular flexibility index (Phi) is 9.09. The summed E-state index contributed by atoms with van der Waals surface area (Å²) in [4.78, 5) is 63.5. The zero-order valence-corrected chi connectivity index (χ0v) is 23.8. The van der Waals surface area contributed by atoms with Crippen LogP contribution in [0.1, 0.15) is 22.7 Å².